The first-order valence-electron chi connectivity index (χ1n) is 12.9. The fourth-order valence-corrected chi connectivity index (χ4v) is 5.08. The number of halogens is 1. The Balaban J connectivity index is 1.70. The van der Waals surface area contributed by atoms with E-state index >= 15 is 0 Å². The number of aromatic nitrogens is 2. The Morgan fingerprint density at radius 1 is 1.00 bits per heavy atom. The molecule has 0 fully saturated rings. The van der Waals surface area contributed by atoms with Crippen molar-refractivity contribution in [2.24, 2.45) is 0 Å². The van der Waals surface area contributed by atoms with E-state index in [4.69, 9.17) is 9.72 Å². The van der Waals surface area contributed by atoms with Crippen LogP contribution >= 0.6 is 15.9 Å². The molecule has 40 heavy (non-hydrogen) atoms. The van der Waals surface area contributed by atoms with Crippen molar-refractivity contribution < 1.29 is 9.53 Å². The van der Waals surface area contributed by atoms with Crippen molar-refractivity contribution in [2.75, 3.05) is 12.4 Å². The summed E-state index contributed by atoms with van der Waals surface area (Å²) in [7, 11) is 1.57. The fraction of sp³-hybridized carbons (Fsp3) is 0.156. The van der Waals surface area contributed by atoms with Crippen molar-refractivity contribution in [3.05, 3.63) is 129 Å². The van der Waals surface area contributed by atoms with Gasteiger partial charge >= 0.3 is 6.03 Å². The molecule has 7 nitrogen and oxygen atoms in total. The summed E-state index contributed by atoms with van der Waals surface area (Å²) in [4.78, 5) is 34.6. The highest BCUT2D eigenvalue weighted by Gasteiger charge is 2.28. The van der Waals surface area contributed by atoms with Gasteiger partial charge in [0.1, 0.15) is 11.6 Å². The third kappa shape index (κ3) is 5.49. The zero-order valence-corrected chi connectivity index (χ0v) is 24.1. The first-order valence-corrected chi connectivity index (χ1v) is 13.7. The van der Waals surface area contributed by atoms with Gasteiger partial charge in [-0.15, -0.1) is 0 Å². The molecule has 1 aromatic heterocycles. The van der Waals surface area contributed by atoms with Gasteiger partial charge in [-0.3, -0.25) is 9.36 Å². The summed E-state index contributed by atoms with van der Waals surface area (Å²) < 4.78 is 8.00. The van der Waals surface area contributed by atoms with Crippen molar-refractivity contribution >= 4 is 38.6 Å². The summed E-state index contributed by atoms with van der Waals surface area (Å²) in [6, 6.07) is 29.2. The molecular formula is C32H29BrN4O3. The molecule has 5 rings (SSSR count). The monoisotopic (exact) mass is 596 g/mol. The Morgan fingerprint density at radius 3 is 2.45 bits per heavy atom. The molecule has 0 radical (unpaired) electrons. The predicted molar refractivity (Wildman–Crippen MR) is 162 cm³/mol. The molecule has 0 aliphatic heterocycles. The van der Waals surface area contributed by atoms with Crippen LogP contribution in [0.25, 0.3) is 16.6 Å². The average Bonchev–Trinajstić information content (AvgIpc) is 2.97. The molecule has 1 unspecified atom stereocenters. The summed E-state index contributed by atoms with van der Waals surface area (Å²) in [6.45, 7) is 4.14. The molecule has 0 aliphatic rings. The number of hydrogen-bond donors (Lipinski definition) is 1. The number of benzene rings is 4. The van der Waals surface area contributed by atoms with E-state index in [9.17, 15) is 9.59 Å². The first kappa shape index (κ1) is 27.1. The van der Waals surface area contributed by atoms with Crippen molar-refractivity contribution in [2.45, 2.75) is 26.4 Å². The van der Waals surface area contributed by atoms with E-state index in [-0.39, 0.29) is 11.6 Å². The second-order valence-corrected chi connectivity index (χ2v) is 10.4. The molecular weight excluding hydrogens is 568 g/mol. The lowest BCUT2D eigenvalue weighted by Gasteiger charge is -2.31. The van der Waals surface area contributed by atoms with Crippen LogP contribution in [0.3, 0.4) is 0 Å². The Bertz CT molecular complexity index is 1740. The van der Waals surface area contributed by atoms with Crippen LogP contribution in [-0.4, -0.2) is 27.6 Å². The maximum absolute atomic E-state index is 14.1. The number of carbonyl (C=O) groups is 1. The Morgan fingerprint density at radius 2 is 1.70 bits per heavy atom. The number of urea groups is 1. The highest BCUT2D eigenvalue weighted by atomic mass is 79.9. The standard InChI is InChI=1S/C32H29BrN4O3/c1-21-17-18-29(40-3)28(19-21)37-30(34-26-15-9-7-13-24(26)31(37)38)22(2)36(20-23-11-5-4-6-12-23)32(39)35-27-16-10-8-14-25(27)33/h4-19,22H,20H2,1-3H3,(H,35,39). The van der Waals surface area contributed by atoms with Gasteiger partial charge in [-0.05, 0) is 77.3 Å². The zero-order valence-electron chi connectivity index (χ0n) is 22.5. The van der Waals surface area contributed by atoms with Crippen LogP contribution in [0.4, 0.5) is 10.5 Å². The number of amides is 2. The van der Waals surface area contributed by atoms with Gasteiger partial charge in [0.05, 0.1) is 35.4 Å². The molecule has 4 aromatic carbocycles. The predicted octanol–water partition coefficient (Wildman–Crippen LogP) is 7.26. The summed E-state index contributed by atoms with van der Waals surface area (Å²) in [6.07, 6.45) is 0. The molecule has 1 atom stereocenters. The van der Waals surface area contributed by atoms with E-state index in [0.29, 0.717) is 40.4 Å². The number of hydrogen-bond acceptors (Lipinski definition) is 4. The summed E-state index contributed by atoms with van der Waals surface area (Å²) in [5.41, 5.74) is 3.44. The van der Waals surface area contributed by atoms with Gasteiger partial charge in [0.15, 0.2) is 0 Å². The Kier molecular flexibility index (Phi) is 7.98. The second kappa shape index (κ2) is 11.8. The molecule has 0 aliphatic carbocycles. The average molecular weight is 598 g/mol. The number of nitrogens with zero attached hydrogens (tertiary/aromatic N) is 3. The number of ether oxygens (including phenoxy) is 1. The number of methoxy groups -OCH3 is 1. The lowest BCUT2D eigenvalue weighted by atomic mass is 10.1. The lowest BCUT2D eigenvalue weighted by Crippen LogP contribution is -2.39. The number of rotatable bonds is 7. The smallest absolute Gasteiger partial charge is 0.322 e. The number of fused-ring (bicyclic) bond motifs is 1. The molecule has 8 heteroatoms. The second-order valence-electron chi connectivity index (χ2n) is 9.50. The van der Waals surface area contributed by atoms with Gasteiger partial charge in [0.25, 0.3) is 5.56 Å². The van der Waals surface area contributed by atoms with E-state index < -0.39 is 6.04 Å². The molecule has 0 bridgehead atoms. The minimum absolute atomic E-state index is 0.234. The molecule has 0 saturated heterocycles. The molecule has 1 heterocycles. The molecule has 0 spiro atoms. The molecule has 5 aromatic rings. The van der Waals surface area contributed by atoms with Crippen LogP contribution < -0.4 is 15.6 Å². The fourth-order valence-electron chi connectivity index (χ4n) is 4.69. The number of para-hydroxylation sites is 2. The van der Waals surface area contributed by atoms with Crippen molar-refractivity contribution in [3.8, 4) is 11.4 Å². The summed E-state index contributed by atoms with van der Waals surface area (Å²) in [5.74, 6) is 0.955. The van der Waals surface area contributed by atoms with Crippen LogP contribution in [0.2, 0.25) is 0 Å². The van der Waals surface area contributed by atoms with Crippen molar-refractivity contribution in [1.29, 1.82) is 0 Å². The minimum Gasteiger partial charge on any atom is -0.495 e. The van der Waals surface area contributed by atoms with Crippen LogP contribution in [0.1, 0.15) is 29.9 Å². The molecule has 1 N–H and O–H groups in total. The van der Waals surface area contributed by atoms with Gasteiger partial charge in [-0.25, -0.2) is 9.78 Å². The number of anilines is 1. The van der Waals surface area contributed by atoms with Crippen LogP contribution in [0.5, 0.6) is 5.75 Å². The number of nitrogens with one attached hydrogen (secondary N) is 1. The number of carbonyl (C=O) groups excluding carboxylic acids is 1. The highest BCUT2D eigenvalue weighted by molar-refractivity contribution is 9.10. The summed E-state index contributed by atoms with van der Waals surface area (Å²) in [5, 5.41) is 3.50. The van der Waals surface area contributed by atoms with Crippen LogP contribution in [-0.2, 0) is 6.54 Å². The van der Waals surface area contributed by atoms with E-state index in [1.54, 1.807) is 22.6 Å². The zero-order chi connectivity index (χ0) is 28.2. The van der Waals surface area contributed by atoms with Gasteiger partial charge in [-0.2, -0.15) is 0 Å². The lowest BCUT2D eigenvalue weighted by molar-refractivity contribution is 0.185. The van der Waals surface area contributed by atoms with Gasteiger partial charge in [0.2, 0.25) is 0 Å². The van der Waals surface area contributed by atoms with Crippen molar-refractivity contribution in [1.82, 2.24) is 14.5 Å². The SMILES string of the molecule is COc1ccc(C)cc1-n1c(C(C)N(Cc2ccccc2)C(=O)Nc2ccccc2Br)nc2ccccc2c1=O. The van der Waals surface area contributed by atoms with Gasteiger partial charge in [0, 0.05) is 11.0 Å². The third-order valence-corrected chi connectivity index (χ3v) is 7.48. The minimum atomic E-state index is -0.606. The van der Waals surface area contributed by atoms with E-state index in [2.05, 4.69) is 21.2 Å². The highest BCUT2D eigenvalue weighted by Crippen LogP contribution is 2.30. The topological polar surface area (TPSA) is 76.5 Å². The van der Waals surface area contributed by atoms with Crippen molar-refractivity contribution in [3.63, 3.8) is 0 Å². The van der Waals surface area contributed by atoms with E-state index in [1.165, 1.54) is 0 Å². The van der Waals surface area contributed by atoms with E-state index in [1.807, 2.05) is 105 Å². The molecule has 202 valence electrons. The Hall–Kier alpha value is -4.43. The van der Waals surface area contributed by atoms with Crippen LogP contribution in [0, 0.1) is 6.92 Å². The van der Waals surface area contributed by atoms with E-state index in [0.717, 1.165) is 15.6 Å². The molecule has 2 amide bonds. The maximum atomic E-state index is 14.1. The quantitative estimate of drug-likeness (QED) is 0.214. The van der Waals surface area contributed by atoms with Crippen LogP contribution in [0.15, 0.2) is 106 Å². The van der Waals surface area contributed by atoms with Gasteiger partial charge < -0.3 is 15.0 Å². The normalized spacial score (nSPS) is 11.7. The third-order valence-electron chi connectivity index (χ3n) is 6.79. The first-order chi connectivity index (χ1) is 19.4. The molecule has 0 saturated carbocycles. The maximum Gasteiger partial charge on any atom is 0.322 e. The van der Waals surface area contributed by atoms with Gasteiger partial charge in [-0.1, -0.05) is 60.7 Å². The number of aryl methyl sites for hydroxylation is 1. The summed E-state index contributed by atoms with van der Waals surface area (Å²) >= 11 is 3.52. The largest absolute Gasteiger partial charge is 0.495 e. The Labute approximate surface area is 241 Å².